The van der Waals surface area contributed by atoms with Crippen LogP contribution in [0.2, 0.25) is 0 Å². The average Bonchev–Trinajstić information content (AvgIpc) is 2.26. The lowest BCUT2D eigenvalue weighted by Crippen LogP contribution is -2.33. The molecule has 0 aromatic heterocycles. The van der Waals surface area contributed by atoms with Crippen molar-refractivity contribution >= 4 is 15.9 Å². The van der Waals surface area contributed by atoms with Crippen LogP contribution >= 0.6 is 15.9 Å². The van der Waals surface area contributed by atoms with Gasteiger partial charge in [-0.25, -0.2) is 4.39 Å². The maximum absolute atomic E-state index is 13.5. The zero-order valence-electron chi connectivity index (χ0n) is 10.5. The van der Waals surface area contributed by atoms with Crippen molar-refractivity contribution in [3.63, 3.8) is 0 Å². The monoisotopic (exact) mass is 299 g/mol. The van der Waals surface area contributed by atoms with Gasteiger partial charge in [-0.15, -0.1) is 0 Å². The van der Waals surface area contributed by atoms with Gasteiger partial charge in [-0.05, 0) is 71.4 Å². The van der Waals surface area contributed by atoms with E-state index in [-0.39, 0.29) is 5.82 Å². The Bertz CT molecular complexity index is 405. The first kappa shape index (κ1) is 13.0. The van der Waals surface area contributed by atoms with E-state index in [1.165, 1.54) is 12.8 Å². The Hall–Kier alpha value is -0.410. The number of rotatable bonds is 2. The van der Waals surface area contributed by atoms with Gasteiger partial charge in [0.1, 0.15) is 5.82 Å². The van der Waals surface area contributed by atoms with Crippen LogP contribution in [-0.4, -0.2) is 18.0 Å². The molecule has 0 spiro atoms. The highest BCUT2D eigenvalue weighted by atomic mass is 79.9. The molecule has 1 unspecified atom stereocenters. The van der Waals surface area contributed by atoms with E-state index >= 15 is 0 Å². The molecule has 17 heavy (non-hydrogen) atoms. The minimum Gasteiger partial charge on any atom is -0.299 e. The van der Waals surface area contributed by atoms with Gasteiger partial charge in [-0.1, -0.05) is 6.92 Å². The molecular formula is C14H19BrFN. The van der Waals surface area contributed by atoms with Crippen LogP contribution in [0.3, 0.4) is 0 Å². The molecule has 0 saturated carbocycles. The molecular weight excluding hydrogens is 281 g/mol. The number of nitrogens with zero attached hydrogens (tertiary/aromatic N) is 1. The van der Waals surface area contributed by atoms with E-state index in [0.29, 0.717) is 4.47 Å². The number of benzene rings is 1. The molecule has 0 amide bonds. The fraction of sp³-hybridized carbons (Fsp3) is 0.571. The molecule has 1 heterocycles. The molecule has 0 bridgehead atoms. The van der Waals surface area contributed by atoms with E-state index in [2.05, 4.69) is 27.8 Å². The molecule has 1 aromatic carbocycles. The van der Waals surface area contributed by atoms with Crippen molar-refractivity contribution in [1.29, 1.82) is 0 Å². The molecule has 94 valence electrons. The first-order valence-corrected chi connectivity index (χ1v) is 7.02. The predicted octanol–water partition coefficient (Wildman–Crippen LogP) is 4.13. The highest BCUT2D eigenvalue weighted by Crippen LogP contribution is 2.23. The lowest BCUT2D eigenvalue weighted by Gasteiger charge is -2.31. The second-order valence-corrected chi connectivity index (χ2v) is 6.03. The van der Waals surface area contributed by atoms with Crippen molar-refractivity contribution in [3.05, 3.63) is 33.5 Å². The van der Waals surface area contributed by atoms with Crippen LogP contribution in [0.15, 0.2) is 16.6 Å². The second-order valence-electron chi connectivity index (χ2n) is 5.18. The van der Waals surface area contributed by atoms with Gasteiger partial charge in [-0.3, -0.25) is 4.90 Å². The van der Waals surface area contributed by atoms with Crippen LogP contribution in [0.5, 0.6) is 0 Å². The molecule has 0 radical (unpaired) electrons. The van der Waals surface area contributed by atoms with Crippen molar-refractivity contribution in [1.82, 2.24) is 4.90 Å². The Kier molecular flexibility index (Phi) is 4.21. The summed E-state index contributed by atoms with van der Waals surface area (Å²) in [6.07, 6.45) is 2.59. The van der Waals surface area contributed by atoms with Gasteiger partial charge < -0.3 is 0 Å². The summed E-state index contributed by atoms with van der Waals surface area (Å²) in [5.41, 5.74) is 2.27. The maximum Gasteiger partial charge on any atom is 0.137 e. The number of halogens is 2. The lowest BCUT2D eigenvalue weighted by molar-refractivity contribution is 0.176. The summed E-state index contributed by atoms with van der Waals surface area (Å²) in [5.74, 6) is 0.611. The van der Waals surface area contributed by atoms with Gasteiger partial charge >= 0.3 is 0 Å². The average molecular weight is 300 g/mol. The largest absolute Gasteiger partial charge is 0.299 e. The van der Waals surface area contributed by atoms with Crippen molar-refractivity contribution in [2.24, 2.45) is 5.92 Å². The molecule has 1 saturated heterocycles. The number of piperidine rings is 1. The minimum absolute atomic E-state index is 0.157. The van der Waals surface area contributed by atoms with Crippen LogP contribution < -0.4 is 0 Å². The smallest absolute Gasteiger partial charge is 0.137 e. The van der Waals surface area contributed by atoms with Gasteiger partial charge in [0.15, 0.2) is 0 Å². The standard InChI is InChI=1S/C14H19BrFN/c1-10-4-3-5-17(8-10)9-12-7-14(16)13(15)6-11(12)2/h6-7,10H,3-5,8-9H2,1-2H3. The Morgan fingerprint density at radius 1 is 1.47 bits per heavy atom. The number of aryl methyl sites for hydroxylation is 1. The molecule has 2 rings (SSSR count). The highest BCUT2D eigenvalue weighted by molar-refractivity contribution is 9.10. The van der Waals surface area contributed by atoms with E-state index < -0.39 is 0 Å². The lowest BCUT2D eigenvalue weighted by atomic mass is 9.99. The summed E-state index contributed by atoms with van der Waals surface area (Å²) in [6, 6.07) is 3.54. The quantitative estimate of drug-likeness (QED) is 0.794. The van der Waals surface area contributed by atoms with Gasteiger partial charge in [0.05, 0.1) is 4.47 Å². The first-order valence-electron chi connectivity index (χ1n) is 6.23. The van der Waals surface area contributed by atoms with E-state index in [1.807, 2.05) is 13.0 Å². The Morgan fingerprint density at radius 2 is 2.24 bits per heavy atom. The van der Waals surface area contributed by atoms with Crippen molar-refractivity contribution < 1.29 is 4.39 Å². The van der Waals surface area contributed by atoms with Crippen LogP contribution in [-0.2, 0) is 6.54 Å². The third kappa shape index (κ3) is 3.29. The maximum atomic E-state index is 13.5. The third-order valence-corrected chi connectivity index (χ3v) is 4.12. The molecule has 1 aromatic rings. The van der Waals surface area contributed by atoms with E-state index in [1.54, 1.807) is 6.07 Å². The normalized spacial score (nSPS) is 21.8. The molecule has 1 aliphatic heterocycles. The summed E-state index contributed by atoms with van der Waals surface area (Å²) in [4.78, 5) is 2.43. The molecule has 0 aliphatic carbocycles. The molecule has 1 atom stereocenters. The molecule has 1 nitrogen and oxygen atoms in total. The van der Waals surface area contributed by atoms with E-state index in [9.17, 15) is 4.39 Å². The summed E-state index contributed by atoms with van der Waals surface area (Å²) >= 11 is 3.23. The number of hydrogen-bond acceptors (Lipinski definition) is 1. The zero-order valence-corrected chi connectivity index (χ0v) is 12.1. The van der Waals surface area contributed by atoms with Crippen molar-refractivity contribution in [3.8, 4) is 0 Å². The van der Waals surface area contributed by atoms with Gasteiger partial charge in [0.2, 0.25) is 0 Å². The van der Waals surface area contributed by atoms with Crippen LogP contribution in [0, 0.1) is 18.7 Å². The van der Waals surface area contributed by atoms with Crippen molar-refractivity contribution in [2.75, 3.05) is 13.1 Å². The fourth-order valence-electron chi connectivity index (χ4n) is 2.53. The predicted molar refractivity (Wildman–Crippen MR) is 72.5 cm³/mol. The summed E-state index contributed by atoms with van der Waals surface area (Å²) in [6.45, 7) is 7.49. The summed E-state index contributed by atoms with van der Waals surface area (Å²) in [5, 5.41) is 0. The highest BCUT2D eigenvalue weighted by Gasteiger charge is 2.17. The first-order chi connectivity index (χ1) is 8.06. The molecule has 3 heteroatoms. The fourth-order valence-corrected chi connectivity index (χ4v) is 2.99. The summed E-state index contributed by atoms with van der Waals surface area (Å²) < 4.78 is 14.1. The SMILES string of the molecule is Cc1cc(Br)c(F)cc1CN1CCCC(C)C1. The van der Waals surface area contributed by atoms with E-state index in [4.69, 9.17) is 0 Å². The number of likely N-dealkylation sites (tertiary alicyclic amines) is 1. The second kappa shape index (κ2) is 5.49. The topological polar surface area (TPSA) is 3.24 Å². The van der Waals surface area contributed by atoms with Crippen LogP contribution in [0.1, 0.15) is 30.9 Å². The Morgan fingerprint density at radius 3 is 2.94 bits per heavy atom. The van der Waals surface area contributed by atoms with Gasteiger partial charge in [0, 0.05) is 13.1 Å². The van der Waals surface area contributed by atoms with Crippen molar-refractivity contribution in [2.45, 2.75) is 33.2 Å². The Labute approximate surface area is 111 Å². The Balaban J connectivity index is 2.10. The zero-order chi connectivity index (χ0) is 12.4. The molecule has 1 aliphatic rings. The van der Waals surface area contributed by atoms with Gasteiger partial charge in [-0.2, -0.15) is 0 Å². The molecule has 0 N–H and O–H groups in total. The minimum atomic E-state index is -0.157. The number of hydrogen-bond donors (Lipinski definition) is 0. The third-order valence-electron chi connectivity index (χ3n) is 3.51. The summed E-state index contributed by atoms with van der Waals surface area (Å²) in [7, 11) is 0. The molecule has 1 fully saturated rings. The van der Waals surface area contributed by atoms with Crippen LogP contribution in [0.4, 0.5) is 4.39 Å². The van der Waals surface area contributed by atoms with Gasteiger partial charge in [0.25, 0.3) is 0 Å². The van der Waals surface area contributed by atoms with Crippen LogP contribution in [0.25, 0.3) is 0 Å². The van der Waals surface area contributed by atoms with E-state index in [0.717, 1.165) is 36.7 Å².